The monoisotopic (exact) mass is 315 g/mol. The molecular formula is C17H21N3O3. The highest BCUT2D eigenvalue weighted by molar-refractivity contribution is 5.88. The molecule has 0 aliphatic heterocycles. The molecule has 0 unspecified atom stereocenters. The average Bonchev–Trinajstić information content (AvgIpc) is 2.55. The second-order valence-electron chi connectivity index (χ2n) is 5.24. The Labute approximate surface area is 135 Å². The van der Waals surface area contributed by atoms with Crippen LogP contribution in [0.1, 0.15) is 16.1 Å². The van der Waals surface area contributed by atoms with Crippen LogP contribution in [0.5, 0.6) is 5.75 Å². The lowest BCUT2D eigenvalue weighted by Gasteiger charge is -2.13. The summed E-state index contributed by atoms with van der Waals surface area (Å²) in [6.45, 7) is 1.72. The molecule has 0 bridgehead atoms. The van der Waals surface area contributed by atoms with Gasteiger partial charge in [-0.25, -0.2) is 9.78 Å². The first kappa shape index (κ1) is 16.8. The number of aromatic nitrogens is 1. The number of hydrogen-bond acceptors (Lipinski definition) is 5. The van der Waals surface area contributed by atoms with Crippen molar-refractivity contribution in [2.45, 2.75) is 6.54 Å². The molecule has 0 aliphatic carbocycles. The Hall–Kier alpha value is -2.60. The molecule has 0 spiro atoms. The molecule has 23 heavy (non-hydrogen) atoms. The third-order valence-corrected chi connectivity index (χ3v) is 3.29. The van der Waals surface area contributed by atoms with Crippen LogP contribution in [-0.4, -0.2) is 43.3 Å². The minimum Gasteiger partial charge on any atom is -0.490 e. The van der Waals surface area contributed by atoms with Crippen LogP contribution in [0.2, 0.25) is 0 Å². The van der Waals surface area contributed by atoms with Crippen molar-refractivity contribution in [2.24, 2.45) is 0 Å². The van der Waals surface area contributed by atoms with Gasteiger partial charge in [-0.05, 0) is 29.8 Å². The normalized spacial score (nSPS) is 10.3. The van der Waals surface area contributed by atoms with Gasteiger partial charge in [0.05, 0.1) is 0 Å². The second-order valence-corrected chi connectivity index (χ2v) is 5.24. The topological polar surface area (TPSA) is 74.7 Å². The first-order valence-corrected chi connectivity index (χ1v) is 7.36. The molecule has 2 rings (SSSR count). The fourth-order valence-corrected chi connectivity index (χ4v) is 2.05. The van der Waals surface area contributed by atoms with Crippen LogP contribution in [0.3, 0.4) is 0 Å². The maximum Gasteiger partial charge on any atom is 0.358 e. The summed E-state index contributed by atoms with van der Waals surface area (Å²) in [4.78, 5) is 16.9. The minimum absolute atomic E-state index is 0.0632. The van der Waals surface area contributed by atoms with Gasteiger partial charge < -0.3 is 20.1 Å². The van der Waals surface area contributed by atoms with Crippen molar-refractivity contribution in [1.29, 1.82) is 0 Å². The van der Waals surface area contributed by atoms with Crippen molar-refractivity contribution >= 4 is 11.7 Å². The summed E-state index contributed by atoms with van der Waals surface area (Å²) < 4.78 is 5.47. The van der Waals surface area contributed by atoms with Crippen molar-refractivity contribution in [3.05, 3.63) is 53.9 Å². The van der Waals surface area contributed by atoms with Crippen LogP contribution in [0.4, 0.5) is 5.69 Å². The van der Waals surface area contributed by atoms with Gasteiger partial charge in [-0.15, -0.1) is 0 Å². The minimum atomic E-state index is -1.09. The summed E-state index contributed by atoms with van der Waals surface area (Å²) in [5.41, 5.74) is 2.28. The van der Waals surface area contributed by atoms with E-state index in [1.807, 2.05) is 14.1 Å². The van der Waals surface area contributed by atoms with Crippen LogP contribution in [0.25, 0.3) is 0 Å². The van der Waals surface area contributed by atoms with E-state index in [9.17, 15) is 4.79 Å². The van der Waals surface area contributed by atoms with Gasteiger partial charge in [-0.3, -0.25) is 0 Å². The first-order valence-electron chi connectivity index (χ1n) is 7.36. The highest BCUT2D eigenvalue weighted by atomic mass is 16.5. The van der Waals surface area contributed by atoms with E-state index in [1.165, 1.54) is 11.8 Å². The average molecular weight is 315 g/mol. The zero-order valence-corrected chi connectivity index (χ0v) is 13.3. The molecule has 0 atom stereocenters. The van der Waals surface area contributed by atoms with Gasteiger partial charge in [0.25, 0.3) is 0 Å². The number of nitrogens with one attached hydrogen (secondary N) is 1. The second kappa shape index (κ2) is 8.14. The van der Waals surface area contributed by atoms with Crippen molar-refractivity contribution in [1.82, 2.24) is 10.3 Å². The number of ether oxygens (including phenoxy) is 1. The molecule has 1 aromatic heterocycles. The van der Waals surface area contributed by atoms with E-state index >= 15 is 0 Å². The fourth-order valence-electron chi connectivity index (χ4n) is 2.05. The zero-order valence-electron chi connectivity index (χ0n) is 13.3. The highest BCUT2D eigenvalue weighted by Crippen LogP contribution is 2.15. The molecule has 1 aromatic carbocycles. The predicted molar refractivity (Wildman–Crippen MR) is 89.2 cm³/mol. The van der Waals surface area contributed by atoms with E-state index in [0.717, 1.165) is 12.2 Å². The number of carboxylic acids is 1. The van der Waals surface area contributed by atoms with E-state index in [4.69, 9.17) is 9.84 Å². The third kappa shape index (κ3) is 4.96. The molecule has 2 N–H and O–H groups in total. The van der Waals surface area contributed by atoms with Crippen LogP contribution in [0.15, 0.2) is 42.6 Å². The van der Waals surface area contributed by atoms with Gasteiger partial charge in [0.15, 0.2) is 11.4 Å². The van der Waals surface area contributed by atoms with Crippen LogP contribution in [0, 0.1) is 0 Å². The molecule has 1 heterocycles. The number of anilines is 1. The molecular weight excluding hydrogens is 294 g/mol. The molecule has 0 amide bonds. The Bertz CT molecular complexity index is 642. The van der Waals surface area contributed by atoms with E-state index in [0.29, 0.717) is 13.2 Å². The summed E-state index contributed by atoms with van der Waals surface area (Å²) in [5.74, 6) is -0.799. The molecule has 0 fully saturated rings. The summed E-state index contributed by atoms with van der Waals surface area (Å²) >= 11 is 0. The number of rotatable bonds is 8. The summed E-state index contributed by atoms with van der Waals surface area (Å²) in [6, 6.07) is 11.6. The Morgan fingerprint density at radius 3 is 2.65 bits per heavy atom. The molecule has 0 radical (unpaired) electrons. The Kier molecular flexibility index (Phi) is 5.94. The standard InChI is InChI=1S/C17H21N3O3/c1-20(2)14-7-5-13(6-8-14)12-18-10-11-23-15-4-3-9-19-16(15)17(21)22/h3-9,18H,10-12H2,1-2H3,(H,21,22). The molecule has 6 nitrogen and oxygen atoms in total. The third-order valence-electron chi connectivity index (χ3n) is 3.29. The maximum atomic E-state index is 11.0. The molecule has 2 aromatic rings. The van der Waals surface area contributed by atoms with E-state index < -0.39 is 5.97 Å². The maximum absolute atomic E-state index is 11.0. The highest BCUT2D eigenvalue weighted by Gasteiger charge is 2.11. The van der Waals surface area contributed by atoms with Gasteiger partial charge in [-0.1, -0.05) is 12.1 Å². The van der Waals surface area contributed by atoms with Crippen LogP contribution < -0.4 is 15.0 Å². The Morgan fingerprint density at radius 1 is 1.26 bits per heavy atom. The summed E-state index contributed by atoms with van der Waals surface area (Å²) in [7, 11) is 4.02. The smallest absolute Gasteiger partial charge is 0.358 e. The SMILES string of the molecule is CN(C)c1ccc(CNCCOc2cccnc2C(=O)O)cc1. The van der Waals surface area contributed by atoms with Gasteiger partial charge >= 0.3 is 5.97 Å². The van der Waals surface area contributed by atoms with Gasteiger partial charge in [-0.2, -0.15) is 0 Å². The van der Waals surface area contributed by atoms with E-state index in [-0.39, 0.29) is 11.4 Å². The van der Waals surface area contributed by atoms with E-state index in [1.54, 1.807) is 12.1 Å². The van der Waals surface area contributed by atoms with Crippen LogP contribution in [-0.2, 0) is 6.54 Å². The van der Waals surface area contributed by atoms with Gasteiger partial charge in [0.2, 0.25) is 0 Å². The quantitative estimate of drug-likeness (QED) is 0.726. The number of pyridine rings is 1. The Morgan fingerprint density at radius 2 is 2.00 bits per heavy atom. The van der Waals surface area contributed by atoms with Gasteiger partial charge in [0.1, 0.15) is 6.61 Å². The summed E-state index contributed by atoms with van der Waals surface area (Å²) in [5, 5.41) is 12.3. The lowest BCUT2D eigenvalue weighted by molar-refractivity contribution is 0.0685. The molecule has 0 saturated heterocycles. The molecule has 0 aliphatic rings. The van der Waals surface area contributed by atoms with Crippen molar-refractivity contribution in [3.8, 4) is 5.75 Å². The number of carboxylic acid groups (broad SMARTS) is 1. The molecule has 6 heteroatoms. The van der Waals surface area contributed by atoms with Crippen LogP contribution >= 0.6 is 0 Å². The fraction of sp³-hybridized carbons (Fsp3) is 0.294. The zero-order chi connectivity index (χ0) is 16.7. The van der Waals surface area contributed by atoms with Crippen molar-refractivity contribution in [3.63, 3.8) is 0 Å². The lowest BCUT2D eigenvalue weighted by atomic mass is 10.2. The predicted octanol–water partition coefficient (Wildman–Crippen LogP) is 2.01. The number of benzene rings is 1. The summed E-state index contributed by atoms with van der Waals surface area (Å²) in [6.07, 6.45) is 1.44. The Balaban J connectivity index is 1.75. The van der Waals surface area contributed by atoms with Gasteiger partial charge in [0, 0.05) is 39.1 Å². The number of hydrogen-bond donors (Lipinski definition) is 2. The molecule has 0 saturated carbocycles. The van der Waals surface area contributed by atoms with E-state index in [2.05, 4.69) is 39.5 Å². The first-order chi connectivity index (χ1) is 11.1. The van der Waals surface area contributed by atoms with Crippen molar-refractivity contribution in [2.75, 3.05) is 32.1 Å². The number of aromatic carboxylic acids is 1. The molecule has 122 valence electrons. The largest absolute Gasteiger partial charge is 0.490 e. The lowest BCUT2D eigenvalue weighted by Crippen LogP contribution is -2.21. The van der Waals surface area contributed by atoms with Crippen molar-refractivity contribution < 1.29 is 14.6 Å². The number of carbonyl (C=O) groups is 1. The number of nitrogens with zero attached hydrogens (tertiary/aromatic N) is 2.